The Balaban J connectivity index is 1.90. The summed E-state index contributed by atoms with van der Waals surface area (Å²) in [6.45, 7) is 3.07. The molecule has 0 aromatic carbocycles. The van der Waals surface area contributed by atoms with Crippen LogP contribution in [0.15, 0.2) is 0 Å². The molecule has 18 heavy (non-hydrogen) atoms. The molecule has 0 spiro atoms. The fraction of sp³-hybridized carbons (Fsp3) is 0.833. The first-order chi connectivity index (χ1) is 8.49. The molecule has 0 aromatic heterocycles. The minimum Gasteiger partial charge on any atom is -0.480 e. The maximum atomic E-state index is 12.0. The lowest BCUT2D eigenvalue weighted by molar-refractivity contribution is -0.142. The van der Waals surface area contributed by atoms with Gasteiger partial charge in [0.2, 0.25) is 0 Å². The zero-order valence-electron chi connectivity index (χ0n) is 10.8. The van der Waals surface area contributed by atoms with Gasteiger partial charge < -0.3 is 15.3 Å². The smallest absolute Gasteiger partial charge is 0.326 e. The molecule has 102 valence electrons. The van der Waals surface area contributed by atoms with Gasteiger partial charge in [-0.1, -0.05) is 6.92 Å². The predicted octanol–water partition coefficient (Wildman–Crippen LogP) is 1.39. The van der Waals surface area contributed by atoms with Crippen molar-refractivity contribution in [3.8, 4) is 0 Å². The van der Waals surface area contributed by atoms with E-state index in [1.807, 2.05) is 6.92 Å². The number of hydrogen-bond acceptors (Lipinski definition) is 3. The van der Waals surface area contributed by atoms with Crippen LogP contribution in [-0.2, 0) is 4.79 Å². The number of likely N-dealkylation sites (tertiary alicyclic amines) is 1. The van der Waals surface area contributed by atoms with E-state index in [0.717, 1.165) is 19.3 Å². The third-order valence-corrected chi connectivity index (χ3v) is 5.44. The lowest BCUT2D eigenvalue weighted by atomic mass is 10.0. The average Bonchev–Trinajstić information content (AvgIpc) is 3.01. The molecule has 2 N–H and O–H groups in total. The predicted molar refractivity (Wildman–Crippen MR) is 70.8 cm³/mol. The van der Waals surface area contributed by atoms with E-state index in [2.05, 4.69) is 11.6 Å². The summed E-state index contributed by atoms with van der Waals surface area (Å²) >= 11 is 1.78. The van der Waals surface area contributed by atoms with Crippen molar-refractivity contribution in [3.05, 3.63) is 0 Å². The van der Waals surface area contributed by atoms with Gasteiger partial charge in [-0.05, 0) is 31.4 Å². The lowest BCUT2D eigenvalue weighted by Crippen LogP contribution is -2.49. The summed E-state index contributed by atoms with van der Waals surface area (Å²) in [5, 5.41) is 12.1. The Labute approximate surface area is 111 Å². The number of rotatable bonds is 4. The molecule has 2 atom stereocenters. The van der Waals surface area contributed by atoms with Crippen molar-refractivity contribution in [1.29, 1.82) is 0 Å². The van der Waals surface area contributed by atoms with Gasteiger partial charge in [0.25, 0.3) is 0 Å². The highest BCUT2D eigenvalue weighted by atomic mass is 32.2. The van der Waals surface area contributed by atoms with Crippen LogP contribution in [0.4, 0.5) is 4.79 Å². The summed E-state index contributed by atoms with van der Waals surface area (Å²) in [6, 6.07) is -0.901. The molecular weight excluding hydrogens is 252 g/mol. The lowest BCUT2D eigenvalue weighted by Gasteiger charge is -2.24. The van der Waals surface area contributed by atoms with E-state index in [-0.39, 0.29) is 16.7 Å². The van der Waals surface area contributed by atoms with Crippen molar-refractivity contribution < 1.29 is 14.7 Å². The number of nitrogens with zero attached hydrogens (tertiary/aromatic N) is 1. The first kappa shape index (κ1) is 13.5. The molecule has 2 fully saturated rings. The van der Waals surface area contributed by atoms with Crippen molar-refractivity contribution in [2.45, 2.75) is 37.0 Å². The van der Waals surface area contributed by atoms with Crippen LogP contribution in [0.2, 0.25) is 0 Å². The second-order valence-corrected chi connectivity index (χ2v) is 6.56. The van der Waals surface area contributed by atoms with E-state index < -0.39 is 12.0 Å². The summed E-state index contributed by atoms with van der Waals surface area (Å²) in [4.78, 5) is 24.7. The van der Waals surface area contributed by atoms with Crippen LogP contribution >= 0.6 is 11.8 Å². The number of carboxylic acids is 1. The highest BCUT2D eigenvalue weighted by molar-refractivity contribution is 8.00. The van der Waals surface area contributed by atoms with Gasteiger partial charge in [0, 0.05) is 17.8 Å². The number of amides is 2. The van der Waals surface area contributed by atoms with Crippen molar-refractivity contribution in [1.82, 2.24) is 10.2 Å². The van der Waals surface area contributed by atoms with Gasteiger partial charge in [-0.2, -0.15) is 11.8 Å². The number of carboxylic acid groups (broad SMARTS) is 1. The van der Waals surface area contributed by atoms with Crippen molar-refractivity contribution in [2.24, 2.45) is 5.92 Å². The third-order valence-electron chi connectivity index (χ3n) is 4.02. The summed E-state index contributed by atoms with van der Waals surface area (Å²) in [5.74, 6) is -0.871. The number of hydrogen-bond donors (Lipinski definition) is 2. The highest BCUT2D eigenvalue weighted by Gasteiger charge is 2.44. The third kappa shape index (κ3) is 2.58. The molecule has 0 bridgehead atoms. The second kappa shape index (κ2) is 4.99. The zero-order valence-corrected chi connectivity index (χ0v) is 11.6. The van der Waals surface area contributed by atoms with E-state index in [1.165, 1.54) is 4.90 Å². The Bertz CT molecular complexity index is 357. The van der Waals surface area contributed by atoms with E-state index in [1.54, 1.807) is 11.8 Å². The molecule has 5 nitrogen and oxygen atoms in total. The minimum absolute atomic E-state index is 0.0312. The molecule has 0 radical (unpaired) electrons. The molecule has 2 aliphatic rings. The van der Waals surface area contributed by atoms with Crippen LogP contribution in [0.5, 0.6) is 0 Å². The number of aliphatic carboxylic acids is 1. The van der Waals surface area contributed by atoms with E-state index in [0.29, 0.717) is 13.1 Å². The Morgan fingerprint density at radius 1 is 1.50 bits per heavy atom. The fourth-order valence-electron chi connectivity index (χ4n) is 2.48. The number of carbonyl (C=O) groups excluding carboxylic acids is 1. The molecule has 1 aliphatic carbocycles. The SMILES string of the molecule is CSC1(CNC(=O)N2CCC(C)C2C(=O)O)CC1. The van der Waals surface area contributed by atoms with Crippen LogP contribution in [0.1, 0.15) is 26.2 Å². The minimum atomic E-state index is -0.902. The van der Waals surface area contributed by atoms with Gasteiger partial charge in [-0.15, -0.1) is 0 Å². The molecule has 2 amide bonds. The monoisotopic (exact) mass is 272 g/mol. The molecule has 1 saturated heterocycles. The van der Waals surface area contributed by atoms with Crippen LogP contribution in [0, 0.1) is 5.92 Å². The standard InChI is InChI=1S/C12H20N2O3S/c1-8-3-6-14(9(8)10(15)16)11(17)13-7-12(18-2)4-5-12/h8-9H,3-7H2,1-2H3,(H,13,17)(H,15,16). The Morgan fingerprint density at radius 2 is 2.17 bits per heavy atom. The summed E-state index contributed by atoms with van der Waals surface area (Å²) in [7, 11) is 0. The normalized spacial score (nSPS) is 29.1. The molecule has 1 heterocycles. The molecule has 1 saturated carbocycles. The Hall–Kier alpha value is -0.910. The summed E-state index contributed by atoms with van der Waals surface area (Å²) in [5.41, 5.74) is 0. The Kier molecular flexibility index (Phi) is 3.75. The molecule has 2 unspecified atom stereocenters. The number of carbonyl (C=O) groups is 2. The topological polar surface area (TPSA) is 69.6 Å². The van der Waals surface area contributed by atoms with Crippen LogP contribution in [-0.4, -0.2) is 52.1 Å². The van der Waals surface area contributed by atoms with E-state index >= 15 is 0 Å². The highest BCUT2D eigenvalue weighted by Crippen LogP contribution is 2.46. The molecule has 6 heteroatoms. The molecule has 1 aliphatic heterocycles. The number of urea groups is 1. The van der Waals surface area contributed by atoms with Crippen LogP contribution < -0.4 is 5.32 Å². The second-order valence-electron chi connectivity index (χ2n) is 5.29. The summed E-state index contributed by atoms with van der Waals surface area (Å²) < 4.78 is 0.208. The quantitative estimate of drug-likeness (QED) is 0.811. The summed E-state index contributed by atoms with van der Waals surface area (Å²) in [6.07, 6.45) is 5.08. The number of thioether (sulfide) groups is 1. The van der Waals surface area contributed by atoms with Gasteiger partial charge in [-0.25, -0.2) is 9.59 Å². The maximum absolute atomic E-state index is 12.0. The maximum Gasteiger partial charge on any atom is 0.326 e. The number of nitrogens with one attached hydrogen (secondary N) is 1. The first-order valence-corrected chi connectivity index (χ1v) is 7.54. The Morgan fingerprint density at radius 3 is 2.67 bits per heavy atom. The van der Waals surface area contributed by atoms with Crippen molar-refractivity contribution in [3.63, 3.8) is 0 Å². The van der Waals surface area contributed by atoms with E-state index in [4.69, 9.17) is 5.11 Å². The van der Waals surface area contributed by atoms with Crippen molar-refractivity contribution in [2.75, 3.05) is 19.3 Å². The van der Waals surface area contributed by atoms with Gasteiger partial charge >= 0.3 is 12.0 Å². The van der Waals surface area contributed by atoms with Crippen LogP contribution in [0.3, 0.4) is 0 Å². The van der Waals surface area contributed by atoms with Gasteiger partial charge in [0.05, 0.1) is 0 Å². The fourth-order valence-corrected chi connectivity index (χ4v) is 3.21. The van der Waals surface area contributed by atoms with Crippen molar-refractivity contribution >= 4 is 23.8 Å². The van der Waals surface area contributed by atoms with Gasteiger partial charge in [-0.3, -0.25) is 0 Å². The van der Waals surface area contributed by atoms with Gasteiger partial charge in [0.1, 0.15) is 6.04 Å². The first-order valence-electron chi connectivity index (χ1n) is 6.31. The largest absolute Gasteiger partial charge is 0.480 e. The zero-order chi connectivity index (χ0) is 13.3. The van der Waals surface area contributed by atoms with Crippen LogP contribution in [0.25, 0.3) is 0 Å². The average molecular weight is 272 g/mol. The molecular formula is C12H20N2O3S. The molecule has 0 aromatic rings. The van der Waals surface area contributed by atoms with Gasteiger partial charge in [0.15, 0.2) is 0 Å². The molecule has 2 rings (SSSR count). The van der Waals surface area contributed by atoms with E-state index in [9.17, 15) is 9.59 Å².